The Morgan fingerprint density at radius 1 is 0.595 bits per heavy atom. The topological polar surface area (TPSA) is 0 Å². The van der Waals surface area contributed by atoms with Crippen molar-refractivity contribution in [1.82, 2.24) is 0 Å². The summed E-state index contributed by atoms with van der Waals surface area (Å²) in [5.74, 6) is 2.20. The first-order chi connectivity index (χ1) is 18.6. The summed E-state index contributed by atoms with van der Waals surface area (Å²) in [7, 11) is 0. The molecule has 0 amide bonds. The molecule has 0 bridgehead atoms. The Hall–Kier alpha value is -0.413. The summed E-state index contributed by atoms with van der Waals surface area (Å²) in [6.07, 6.45) is 10.3. The van der Waals surface area contributed by atoms with Crippen LogP contribution in [-0.4, -0.2) is 6.94 Å². The molecule has 42 heavy (non-hydrogen) atoms. The van der Waals surface area contributed by atoms with Crippen molar-refractivity contribution < 1.29 is 17.1 Å². The molecular weight excluding hydrogens is 734 g/mol. The summed E-state index contributed by atoms with van der Waals surface area (Å²) in [4.78, 5) is 0. The third-order valence-corrected chi connectivity index (χ3v) is 35.3. The molecule has 4 rings (SSSR count). The number of fused-ring (bicyclic) bond motifs is 2. The molecule has 0 saturated heterocycles. The molecule has 0 heterocycles. The van der Waals surface area contributed by atoms with Gasteiger partial charge in [0.05, 0.1) is 0 Å². The summed E-state index contributed by atoms with van der Waals surface area (Å²) >= 11 is -3.76. The Kier molecular flexibility index (Phi) is 12.5. The summed E-state index contributed by atoms with van der Waals surface area (Å²) < 4.78 is 6.97. The number of hydrogen-bond acceptors (Lipinski definition) is 0. The minimum absolute atomic E-state index is 0. The van der Waals surface area contributed by atoms with Gasteiger partial charge < -0.3 is 0 Å². The zero-order chi connectivity index (χ0) is 29.8. The average molecular weight is 794 g/mol. The van der Waals surface area contributed by atoms with E-state index in [9.17, 15) is 0 Å². The number of benzene rings is 2. The van der Waals surface area contributed by atoms with Gasteiger partial charge in [0.25, 0.3) is 0 Å². The first-order valence-corrected chi connectivity index (χ1v) is 36.1. The molecule has 0 aliphatic heterocycles. The first-order valence-electron chi connectivity index (χ1n) is 16.4. The number of hydrogen-bond donors (Lipinski definition) is 0. The van der Waals surface area contributed by atoms with Crippen LogP contribution in [0.1, 0.15) is 170 Å². The Balaban J connectivity index is 0.00000308. The largest absolute Gasteiger partial charge is 0.147 e. The maximum Gasteiger partial charge on any atom is -0.147 e. The van der Waals surface area contributed by atoms with Crippen LogP contribution in [0.25, 0.3) is 12.2 Å². The van der Waals surface area contributed by atoms with Crippen molar-refractivity contribution in [2.75, 3.05) is 0 Å². The second kappa shape index (κ2) is 13.9. The van der Waals surface area contributed by atoms with E-state index in [2.05, 4.69) is 122 Å². The molecule has 2 aromatic rings. The SMILES string of the molecule is CCCC1=Cc2c(C(C)C)cc(C(C)C)cc2[CH]1[Hf]([CH3])([CH3])(=[SiH2])[CH]1C(CCC)=Cc2c(C(C)C)cc(C(C)C)cc21.Cl.Cl. The van der Waals surface area contributed by atoms with Crippen molar-refractivity contribution in [2.24, 2.45) is 0 Å². The van der Waals surface area contributed by atoms with Crippen molar-refractivity contribution in [3.8, 4) is 0 Å². The van der Waals surface area contributed by atoms with Gasteiger partial charge in [0, 0.05) is 0 Å². The molecule has 2 aromatic carbocycles. The van der Waals surface area contributed by atoms with Gasteiger partial charge in [-0.3, -0.25) is 0 Å². The van der Waals surface area contributed by atoms with E-state index in [4.69, 9.17) is 0 Å². The van der Waals surface area contributed by atoms with Crippen LogP contribution >= 0.6 is 24.8 Å². The molecular formula is C38H60Cl2HfSi. The summed E-state index contributed by atoms with van der Waals surface area (Å²) in [5.41, 5.74) is 16.3. The summed E-state index contributed by atoms with van der Waals surface area (Å²) in [6.45, 7) is 26.4. The van der Waals surface area contributed by atoms with Gasteiger partial charge in [0.1, 0.15) is 0 Å². The minimum atomic E-state index is -3.76. The molecule has 4 heteroatoms. The van der Waals surface area contributed by atoms with Crippen LogP contribution < -0.4 is 0 Å². The van der Waals surface area contributed by atoms with E-state index in [-0.39, 0.29) is 24.8 Å². The third kappa shape index (κ3) is 6.73. The van der Waals surface area contributed by atoms with Gasteiger partial charge in [-0.05, 0) is 0 Å². The van der Waals surface area contributed by atoms with E-state index in [1.54, 1.807) is 44.5 Å². The zero-order valence-electron chi connectivity index (χ0n) is 28.8. The number of halogens is 2. The minimum Gasteiger partial charge on any atom is -0.147 e. The van der Waals surface area contributed by atoms with Crippen molar-refractivity contribution in [2.45, 2.75) is 135 Å². The van der Waals surface area contributed by atoms with Crippen LogP contribution in [0.15, 0.2) is 35.4 Å². The van der Waals surface area contributed by atoms with Gasteiger partial charge in [0.15, 0.2) is 0 Å². The molecule has 0 spiro atoms. The standard InChI is InChI=1S/2C18H25.2CH3.2ClH.Hf.H2Si/c2*1-6-7-14-8-16-10-15(12(2)3)11-17(13(4)5)18(16)9-14;;;;;;/h2*8-13H,6-7H2,1-5H3;2*1H3;2*1H;;1H2. The second-order valence-electron chi connectivity index (χ2n) is 15.6. The fourth-order valence-electron chi connectivity index (χ4n) is 8.23. The maximum atomic E-state index is 2.86. The van der Waals surface area contributed by atoms with Crippen LogP contribution in [-0.2, 0) is 17.1 Å². The molecule has 234 valence electrons. The van der Waals surface area contributed by atoms with Gasteiger partial charge >= 0.3 is 251 Å². The number of allylic oxidation sites excluding steroid dienone is 2. The van der Waals surface area contributed by atoms with Gasteiger partial charge in [-0.25, -0.2) is 0 Å². The molecule has 0 radical (unpaired) electrons. The number of rotatable bonds is 10. The van der Waals surface area contributed by atoms with E-state index in [1.807, 2.05) is 0 Å². The van der Waals surface area contributed by atoms with E-state index >= 15 is 0 Å². The molecule has 2 atom stereocenters. The Bertz CT molecular complexity index is 1320. The first kappa shape index (κ1) is 37.8. The zero-order valence-corrected chi connectivity index (χ0v) is 35.4. The molecule has 0 nitrogen and oxygen atoms in total. The smallest absolute Gasteiger partial charge is 0.147 e. The van der Waals surface area contributed by atoms with Crippen molar-refractivity contribution >= 4 is 43.9 Å². The van der Waals surface area contributed by atoms with Crippen LogP contribution in [0.3, 0.4) is 0 Å². The fourth-order valence-corrected chi connectivity index (χ4v) is 36.8. The quantitative estimate of drug-likeness (QED) is 0.210. The van der Waals surface area contributed by atoms with Crippen molar-refractivity contribution in [1.29, 1.82) is 0 Å². The normalized spacial score (nSPS) is 18.2. The predicted octanol–water partition coefficient (Wildman–Crippen LogP) is 12.5. The summed E-state index contributed by atoms with van der Waals surface area (Å²) in [6, 6.07) is 10.4. The van der Waals surface area contributed by atoms with E-state index in [1.165, 1.54) is 36.8 Å². The maximum absolute atomic E-state index is 3.76. The third-order valence-electron chi connectivity index (χ3n) is 10.1. The summed E-state index contributed by atoms with van der Waals surface area (Å²) in [5, 5.41) is 0. The molecule has 0 N–H and O–H groups in total. The van der Waals surface area contributed by atoms with Crippen molar-refractivity contribution in [3.63, 3.8) is 0 Å². The molecule has 0 aromatic heterocycles. The van der Waals surface area contributed by atoms with Gasteiger partial charge in [-0.1, -0.05) is 0 Å². The Morgan fingerprint density at radius 2 is 0.929 bits per heavy atom. The van der Waals surface area contributed by atoms with Crippen LogP contribution in [0.2, 0.25) is 9.36 Å². The van der Waals surface area contributed by atoms with Gasteiger partial charge in [0.2, 0.25) is 0 Å². The van der Waals surface area contributed by atoms with Crippen molar-refractivity contribution in [3.05, 3.63) is 79.9 Å². The second-order valence-corrected chi connectivity index (χ2v) is 59.1. The monoisotopic (exact) mass is 794 g/mol. The van der Waals surface area contributed by atoms with E-state index < -0.39 is 17.1 Å². The van der Waals surface area contributed by atoms with Gasteiger partial charge in [-0.2, -0.15) is 0 Å². The molecule has 0 saturated carbocycles. The average Bonchev–Trinajstić information content (AvgIpc) is 3.41. The van der Waals surface area contributed by atoms with Crippen LogP contribution in [0.5, 0.6) is 0 Å². The molecule has 2 aliphatic rings. The molecule has 2 unspecified atom stereocenters. The predicted molar refractivity (Wildman–Crippen MR) is 195 cm³/mol. The van der Waals surface area contributed by atoms with Crippen LogP contribution in [0, 0.1) is 0 Å². The van der Waals surface area contributed by atoms with E-state index in [0.717, 1.165) is 0 Å². The fraction of sp³-hybridized carbons (Fsp3) is 0.579. The molecule has 0 fully saturated rings. The van der Waals surface area contributed by atoms with E-state index in [0.29, 0.717) is 31.0 Å². The van der Waals surface area contributed by atoms with Crippen LogP contribution in [0.4, 0.5) is 0 Å². The Morgan fingerprint density at radius 3 is 1.19 bits per heavy atom. The van der Waals surface area contributed by atoms with Gasteiger partial charge in [-0.15, -0.1) is 24.8 Å². The molecule has 2 aliphatic carbocycles. The Labute approximate surface area is 274 Å².